The molecule has 0 aromatic heterocycles. The Balaban J connectivity index is 1.50. The van der Waals surface area contributed by atoms with E-state index < -0.39 is 6.10 Å². The van der Waals surface area contributed by atoms with Crippen LogP contribution >= 0.6 is 0 Å². The van der Waals surface area contributed by atoms with E-state index in [0.29, 0.717) is 17.7 Å². The van der Waals surface area contributed by atoms with Crippen LogP contribution in [0, 0.1) is 0 Å². The number of carbonyl (C=O) groups excluding carboxylic acids is 1. The third kappa shape index (κ3) is 5.19. The molecule has 0 spiro atoms. The molecule has 0 aliphatic carbocycles. The molecule has 26 heavy (non-hydrogen) atoms. The molecule has 0 saturated heterocycles. The van der Waals surface area contributed by atoms with Crippen LogP contribution < -0.4 is 10.1 Å². The molecule has 3 aromatic carbocycles. The molecular formula is C22H21NO3. The first-order valence-electron chi connectivity index (χ1n) is 8.54. The van der Waals surface area contributed by atoms with Crippen molar-refractivity contribution in [1.29, 1.82) is 0 Å². The topological polar surface area (TPSA) is 58.6 Å². The van der Waals surface area contributed by atoms with Gasteiger partial charge in [-0.1, -0.05) is 48.5 Å². The Morgan fingerprint density at radius 2 is 1.42 bits per heavy atom. The third-order valence-corrected chi connectivity index (χ3v) is 3.91. The maximum Gasteiger partial charge on any atom is 0.251 e. The second-order valence-corrected chi connectivity index (χ2v) is 5.99. The summed E-state index contributed by atoms with van der Waals surface area (Å²) in [6, 6.07) is 26.1. The van der Waals surface area contributed by atoms with E-state index in [1.165, 1.54) is 0 Å². The summed E-state index contributed by atoms with van der Waals surface area (Å²) in [6.07, 6.45) is -0.118. The number of aliphatic hydroxyl groups excluding tert-OH is 1. The van der Waals surface area contributed by atoms with Gasteiger partial charge in [0.05, 0.1) is 6.10 Å². The highest BCUT2D eigenvalue weighted by Gasteiger charge is 2.10. The van der Waals surface area contributed by atoms with Gasteiger partial charge in [-0.05, 0) is 42.0 Å². The molecule has 2 N–H and O–H groups in total. The Kier molecular flexibility index (Phi) is 6.01. The highest BCUT2D eigenvalue weighted by Crippen LogP contribution is 2.21. The van der Waals surface area contributed by atoms with E-state index in [2.05, 4.69) is 5.32 Å². The summed E-state index contributed by atoms with van der Waals surface area (Å²) in [5.41, 5.74) is 1.56. The van der Waals surface area contributed by atoms with Crippen LogP contribution in [0.5, 0.6) is 11.5 Å². The lowest BCUT2D eigenvalue weighted by Gasteiger charge is -2.12. The van der Waals surface area contributed by atoms with Gasteiger partial charge in [0, 0.05) is 18.5 Å². The molecule has 3 rings (SSSR count). The third-order valence-electron chi connectivity index (χ3n) is 3.91. The predicted molar refractivity (Wildman–Crippen MR) is 101 cm³/mol. The smallest absolute Gasteiger partial charge is 0.251 e. The molecule has 1 unspecified atom stereocenters. The average Bonchev–Trinajstić information content (AvgIpc) is 2.68. The zero-order valence-corrected chi connectivity index (χ0v) is 14.3. The molecule has 0 fully saturated rings. The summed E-state index contributed by atoms with van der Waals surface area (Å²) in [5.74, 6) is 1.19. The summed E-state index contributed by atoms with van der Waals surface area (Å²) in [6.45, 7) is 0.204. The molecule has 0 heterocycles. The maximum atomic E-state index is 12.2. The number of amides is 1. The van der Waals surface area contributed by atoms with Gasteiger partial charge in [-0.3, -0.25) is 4.79 Å². The summed E-state index contributed by atoms with van der Waals surface area (Å²) in [7, 11) is 0. The molecule has 0 aliphatic heterocycles. The second kappa shape index (κ2) is 8.83. The van der Waals surface area contributed by atoms with Gasteiger partial charge in [0.2, 0.25) is 0 Å². The van der Waals surface area contributed by atoms with E-state index in [-0.39, 0.29) is 12.5 Å². The predicted octanol–water partition coefficient (Wildman–Crippen LogP) is 3.81. The zero-order chi connectivity index (χ0) is 18.2. The Morgan fingerprint density at radius 1 is 0.846 bits per heavy atom. The molecule has 0 saturated carbocycles. The van der Waals surface area contributed by atoms with Gasteiger partial charge in [-0.25, -0.2) is 0 Å². The van der Waals surface area contributed by atoms with E-state index in [1.807, 2.05) is 60.7 Å². The van der Waals surface area contributed by atoms with Crippen LogP contribution in [0.4, 0.5) is 0 Å². The molecule has 4 nitrogen and oxygen atoms in total. The Bertz CT molecular complexity index is 817. The van der Waals surface area contributed by atoms with Crippen molar-refractivity contribution in [2.45, 2.75) is 12.5 Å². The number of carbonyl (C=O) groups is 1. The lowest BCUT2D eigenvalue weighted by atomic mass is 10.1. The summed E-state index contributed by atoms with van der Waals surface area (Å²) < 4.78 is 5.71. The molecule has 1 atom stereocenters. The fraction of sp³-hybridized carbons (Fsp3) is 0.136. The largest absolute Gasteiger partial charge is 0.457 e. The van der Waals surface area contributed by atoms with Crippen LogP contribution in [0.2, 0.25) is 0 Å². The van der Waals surface area contributed by atoms with E-state index >= 15 is 0 Å². The van der Waals surface area contributed by atoms with Crippen LogP contribution in [0.1, 0.15) is 15.9 Å². The van der Waals surface area contributed by atoms with E-state index in [4.69, 9.17) is 4.74 Å². The van der Waals surface area contributed by atoms with Crippen molar-refractivity contribution in [2.75, 3.05) is 6.54 Å². The number of aliphatic hydroxyl groups is 1. The number of para-hydroxylation sites is 1. The van der Waals surface area contributed by atoms with Crippen LogP contribution in [-0.4, -0.2) is 23.7 Å². The Labute approximate surface area is 153 Å². The monoisotopic (exact) mass is 347 g/mol. The fourth-order valence-corrected chi connectivity index (χ4v) is 2.57. The van der Waals surface area contributed by atoms with E-state index in [0.717, 1.165) is 11.3 Å². The number of benzene rings is 3. The minimum atomic E-state index is -0.623. The molecule has 132 valence electrons. The lowest BCUT2D eigenvalue weighted by Crippen LogP contribution is -2.33. The van der Waals surface area contributed by atoms with Gasteiger partial charge in [0.15, 0.2) is 0 Å². The summed E-state index contributed by atoms with van der Waals surface area (Å²) in [4.78, 5) is 12.2. The summed E-state index contributed by atoms with van der Waals surface area (Å²) in [5, 5.41) is 12.8. The van der Waals surface area contributed by atoms with Crippen molar-refractivity contribution >= 4 is 5.91 Å². The van der Waals surface area contributed by atoms with Crippen LogP contribution in [-0.2, 0) is 6.42 Å². The highest BCUT2D eigenvalue weighted by molar-refractivity contribution is 5.94. The fourth-order valence-electron chi connectivity index (χ4n) is 2.57. The van der Waals surface area contributed by atoms with Crippen LogP contribution in [0.3, 0.4) is 0 Å². The van der Waals surface area contributed by atoms with Gasteiger partial charge in [0.25, 0.3) is 5.91 Å². The second-order valence-electron chi connectivity index (χ2n) is 5.99. The van der Waals surface area contributed by atoms with E-state index in [9.17, 15) is 9.90 Å². The number of hydrogen-bond donors (Lipinski definition) is 2. The van der Waals surface area contributed by atoms with Crippen molar-refractivity contribution < 1.29 is 14.6 Å². The van der Waals surface area contributed by atoms with Crippen molar-refractivity contribution in [3.8, 4) is 11.5 Å². The van der Waals surface area contributed by atoms with Gasteiger partial charge < -0.3 is 15.2 Å². The number of rotatable bonds is 7. The Hall–Kier alpha value is -3.11. The quantitative estimate of drug-likeness (QED) is 0.683. The number of hydrogen-bond acceptors (Lipinski definition) is 3. The maximum absolute atomic E-state index is 12.2. The van der Waals surface area contributed by atoms with Crippen molar-refractivity contribution in [1.82, 2.24) is 5.32 Å². The lowest BCUT2D eigenvalue weighted by molar-refractivity contribution is 0.0916. The first kappa shape index (κ1) is 17.7. The van der Waals surface area contributed by atoms with Crippen molar-refractivity contribution in [3.63, 3.8) is 0 Å². The Morgan fingerprint density at radius 3 is 2.08 bits per heavy atom. The molecule has 0 bridgehead atoms. The number of ether oxygens (including phenoxy) is 1. The minimum Gasteiger partial charge on any atom is -0.457 e. The first-order chi connectivity index (χ1) is 12.7. The molecular weight excluding hydrogens is 326 g/mol. The first-order valence-corrected chi connectivity index (χ1v) is 8.54. The average molecular weight is 347 g/mol. The molecule has 0 radical (unpaired) electrons. The molecule has 4 heteroatoms. The normalized spacial score (nSPS) is 11.6. The van der Waals surface area contributed by atoms with Crippen molar-refractivity contribution in [2.24, 2.45) is 0 Å². The van der Waals surface area contributed by atoms with Crippen LogP contribution in [0.15, 0.2) is 84.9 Å². The summed E-state index contributed by atoms with van der Waals surface area (Å²) >= 11 is 0. The highest BCUT2D eigenvalue weighted by atomic mass is 16.5. The van der Waals surface area contributed by atoms with Gasteiger partial charge in [-0.2, -0.15) is 0 Å². The van der Waals surface area contributed by atoms with E-state index in [1.54, 1.807) is 24.3 Å². The van der Waals surface area contributed by atoms with Gasteiger partial charge >= 0.3 is 0 Å². The minimum absolute atomic E-state index is 0.204. The van der Waals surface area contributed by atoms with Gasteiger partial charge in [-0.15, -0.1) is 0 Å². The SMILES string of the molecule is O=C(NCC(O)Cc1ccccc1)c1ccc(Oc2ccccc2)cc1. The van der Waals surface area contributed by atoms with Crippen LogP contribution in [0.25, 0.3) is 0 Å². The van der Waals surface area contributed by atoms with Crippen molar-refractivity contribution in [3.05, 3.63) is 96.1 Å². The number of nitrogens with one attached hydrogen (secondary N) is 1. The molecule has 0 aliphatic rings. The standard InChI is InChI=1S/C22H21NO3/c24-19(15-17-7-3-1-4-8-17)16-23-22(25)18-11-13-21(14-12-18)26-20-9-5-2-6-10-20/h1-14,19,24H,15-16H2,(H,23,25). The zero-order valence-electron chi connectivity index (χ0n) is 14.3. The molecule has 3 aromatic rings. The van der Waals surface area contributed by atoms with Gasteiger partial charge in [0.1, 0.15) is 11.5 Å². The molecule has 1 amide bonds.